The third-order valence-electron chi connectivity index (χ3n) is 13.5. The molecule has 3 heterocycles. The second kappa shape index (κ2) is 16.3. The van der Waals surface area contributed by atoms with Crippen LogP contribution in [0.3, 0.4) is 0 Å². The third-order valence-corrected chi connectivity index (χ3v) is 13.5. The number of pyridine rings is 1. The standard InChI is InChI=1S/C60H56N4O/c1-58(2,3)47-35-49(63-41-62(40-56(63)42-20-11-8-12-21-42)48-27-19-26-45(34-48)59(4,5)43-22-13-9-14-23-43)38-51(36-47)65-50-30-31-53-52-28-17-18-29-54(52)64(55(53)39-50)57-37-46(32-33-61-57)60(6,7)44-24-15-10-16-25-44/h8-40H,41H2,1-7H3. The van der Waals surface area contributed by atoms with Gasteiger partial charge < -0.3 is 14.5 Å². The first-order chi connectivity index (χ1) is 31.3. The molecule has 322 valence electrons. The van der Waals surface area contributed by atoms with Crippen molar-refractivity contribution in [3.8, 4) is 17.3 Å². The van der Waals surface area contributed by atoms with E-state index in [9.17, 15) is 0 Å². The average molecular weight is 849 g/mol. The Morgan fingerprint density at radius 3 is 1.75 bits per heavy atom. The van der Waals surface area contributed by atoms with E-state index in [1.807, 2.05) is 6.20 Å². The Bertz CT molecular complexity index is 3190. The maximum absolute atomic E-state index is 7.00. The first kappa shape index (κ1) is 41.6. The average Bonchev–Trinajstić information content (AvgIpc) is 3.92. The molecule has 0 saturated heterocycles. The molecule has 0 bridgehead atoms. The fraction of sp³-hybridized carbons (Fsp3) is 0.183. The van der Waals surface area contributed by atoms with Gasteiger partial charge in [0.1, 0.15) is 17.3 Å². The minimum absolute atomic E-state index is 0.137. The molecule has 7 aromatic carbocycles. The van der Waals surface area contributed by atoms with Crippen molar-refractivity contribution in [3.63, 3.8) is 0 Å². The molecule has 10 rings (SSSR count). The Morgan fingerprint density at radius 2 is 1.06 bits per heavy atom. The summed E-state index contributed by atoms with van der Waals surface area (Å²) in [6, 6.07) is 67.4. The molecule has 9 aromatic rings. The maximum atomic E-state index is 7.00. The number of hydrogen-bond acceptors (Lipinski definition) is 4. The summed E-state index contributed by atoms with van der Waals surface area (Å²) in [7, 11) is 0. The molecule has 0 amide bonds. The number of anilines is 2. The van der Waals surface area contributed by atoms with Crippen molar-refractivity contribution in [3.05, 3.63) is 234 Å². The predicted octanol–water partition coefficient (Wildman–Crippen LogP) is 15.2. The molecule has 0 N–H and O–H groups in total. The molecule has 0 aliphatic carbocycles. The van der Waals surface area contributed by atoms with Gasteiger partial charge >= 0.3 is 0 Å². The Balaban J connectivity index is 1.04. The number of ether oxygens (including phenoxy) is 1. The smallest absolute Gasteiger partial charge is 0.137 e. The Labute approximate surface area is 383 Å². The van der Waals surface area contributed by atoms with Crippen LogP contribution in [0.2, 0.25) is 0 Å². The number of nitrogens with zero attached hydrogens (tertiary/aromatic N) is 4. The van der Waals surface area contributed by atoms with Gasteiger partial charge in [0.2, 0.25) is 0 Å². The molecule has 2 aromatic heterocycles. The molecule has 0 unspecified atom stereocenters. The van der Waals surface area contributed by atoms with E-state index in [1.165, 1.54) is 33.2 Å². The van der Waals surface area contributed by atoms with E-state index in [4.69, 9.17) is 9.72 Å². The molecule has 65 heavy (non-hydrogen) atoms. The molecule has 0 fully saturated rings. The van der Waals surface area contributed by atoms with Gasteiger partial charge in [0.25, 0.3) is 0 Å². The zero-order valence-corrected chi connectivity index (χ0v) is 38.5. The summed E-state index contributed by atoms with van der Waals surface area (Å²) in [6.07, 6.45) is 4.24. The van der Waals surface area contributed by atoms with E-state index >= 15 is 0 Å². The van der Waals surface area contributed by atoms with Gasteiger partial charge in [-0.25, -0.2) is 4.98 Å². The summed E-state index contributed by atoms with van der Waals surface area (Å²) in [4.78, 5) is 9.78. The van der Waals surface area contributed by atoms with Crippen LogP contribution in [0.4, 0.5) is 11.4 Å². The molecular weight excluding hydrogens is 793 g/mol. The summed E-state index contributed by atoms with van der Waals surface area (Å²) >= 11 is 0. The van der Waals surface area contributed by atoms with E-state index in [1.54, 1.807) is 0 Å². The summed E-state index contributed by atoms with van der Waals surface area (Å²) in [5.41, 5.74) is 12.4. The topological polar surface area (TPSA) is 33.5 Å². The van der Waals surface area contributed by atoms with Crippen LogP contribution in [-0.4, -0.2) is 16.2 Å². The summed E-state index contributed by atoms with van der Waals surface area (Å²) < 4.78 is 9.28. The van der Waals surface area contributed by atoms with Crippen molar-refractivity contribution in [1.82, 2.24) is 9.55 Å². The SMILES string of the molecule is CC(C)(C)c1cc(Oc2ccc3c4ccccc4n(-c4cc(C(C)(C)c5ccccc5)ccn4)c3c2)cc(N2CN(c3cccc(C(C)(C)c4ccccc4)c3)C=C2c2ccccc2)c1. The lowest BCUT2D eigenvalue weighted by atomic mass is 9.78. The number of hydrogen-bond donors (Lipinski definition) is 0. The number of aromatic nitrogens is 2. The Kier molecular flexibility index (Phi) is 10.5. The van der Waals surface area contributed by atoms with Gasteiger partial charge in [-0.15, -0.1) is 0 Å². The van der Waals surface area contributed by atoms with Crippen molar-refractivity contribution in [1.29, 1.82) is 0 Å². The van der Waals surface area contributed by atoms with Crippen molar-refractivity contribution in [2.45, 2.75) is 64.7 Å². The molecule has 0 saturated carbocycles. The zero-order valence-electron chi connectivity index (χ0n) is 38.5. The first-order valence-electron chi connectivity index (χ1n) is 22.7. The Morgan fingerprint density at radius 1 is 0.462 bits per heavy atom. The molecule has 1 aliphatic heterocycles. The van der Waals surface area contributed by atoms with E-state index in [-0.39, 0.29) is 16.2 Å². The normalized spacial score (nSPS) is 13.4. The van der Waals surface area contributed by atoms with Gasteiger partial charge in [0.05, 0.1) is 23.4 Å². The van der Waals surface area contributed by atoms with E-state index in [0.717, 1.165) is 56.4 Å². The van der Waals surface area contributed by atoms with Crippen LogP contribution in [0, 0.1) is 0 Å². The summed E-state index contributed by atoms with van der Waals surface area (Å²) in [5.74, 6) is 2.43. The van der Waals surface area contributed by atoms with Crippen LogP contribution in [0.5, 0.6) is 11.5 Å². The van der Waals surface area contributed by atoms with Crippen molar-refractivity contribution in [2.24, 2.45) is 0 Å². The fourth-order valence-corrected chi connectivity index (χ4v) is 9.38. The monoisotopic (exact) mass is 848 g/mol. The second-order valence-electron chi connectivity index (χ2n) is 19.5. The number of benzene rings is 7. The fourth-order valence-electron chi connectivity index (χ4n) is 9.38. The van der Waals surface area contributed by atoms with Crippen LogP contribution in [0.25, 0.3) is 33.3 Å². The van der Waals surface area contributed by atoms with Gasteiger partial charge in [0.15, 0.2) is 0 Å². The van der Waals surface area contributed by atoms with Crippen molar-refractivity contribution >= 4 is 38.9 Å². The van der Waals surface area contributed by atoms with Gasteiger partial charge in [-0.3, -0.25) is 4.57 Å². The maximum Gasteiger partial charge on any atom is 0.137 e. The highest BCUT2D eigenvalue weighted by atomic mass is 16.5. The zero-order chi connectivity index (χ0) is 44.9. The first-order valence-corrected chi connectivity index (χ1v) is 22.7. The lowest BCUT2D eigenvalue weighted by molar-refractivity contribution is 0.479. The van der Waals surface area contributed by atoms with Gasteiger partial charge in [-0.1, -0.05) is 170 Å². The van der Waals surface area contributed by atoms with Crippen LogP contribution in [0.15, 0.2) is 200 Å². The molecule has 1 aliphatic rings. The van der Waals surface area contributed by atoms with Crippen LogP contribution in [0.1, 0.15) is 81.8 Å². The van der Waals surface area contributed by atoms with Crippen molar-refractivity contribution in [2.75, 3.05) is 16.5 Å². The van der Waals surface area contributed by atoms with Crippen LogP contribution < -0.4 is 14.5 Å². The highest BCUT2D eigenvalue weighted by Crippen LogP contribution is 2.42. The Hall–Kier alpha value is -7.37. The second-order valence-corrected chi connectivity index (χ2v) is 19.5. The van der Waals surface area contributed by atoms with E-state index in [2.05, 4.69) is 257 Å². The molecule has 0 radical (unpaired) electrons. The van der Waals surface area contributed by atoms with E-state index < -0.39 is 0 Å². The van der Waals surface area contributed by atoms with Gasteiger partial charge in [-0.2, -0.15) is 0 Å². The minimum Gasteiger partial charge on any atom is -0.457 e. The largest absolute Gasteiger partial charge is 0.457 e. The highest BCUT2D eigenvalue weighted by molar-refractivity contribution is 6.09. The minimum atomic E-state index is -0.215. The van der Waals surface area contributed by atoms with Gasteiger partial charge in [0, 0.05) is 57.5 Å². The summed E-state index contributed by atoms with van der Waals surface area (Å²) in [6.45, 7) is 16.6. The summed E-state index contributed by atoms with van der Waals surface area (Å²) in [5, 5.41) is 2.33. The number of rotatable bonds is 10. The van der Waals surface area contributed by atoms with E-state index in [0.29, 0.717) is 6.67 Å². The molecule has 0 atom stereocenters. The number of para-hydroxylation sites is 1. The van der Waals surface area contributed by atoms with Crippen LogP contribution in [-0.2, 0) is 16.2 Å². The predicted molar refractivity (Wildman–Crippen MR) is 272 cm³/mol. The molecule has 5 heteroatoms. The highest BCUT2D eigenvalue weighted by Gasteiger charge is 2.30. The number of fused-ring (bicyclic) bond motifs is 3. The molecule has 5 nitrogen and oxygen atoms in total. The third kappa shape index (κ3) is 7.86. The molecule has 0 spiro atoms. The van der Waals surface area contributed by atoms with Crippen LogP contribution >= 0.6 is 0 Å². The van der Waals surface area contributed by atoms with Crippen molar-refractivity contribution < 1.29 is 4.74 Å². The lowest BCUT2D eigenvalue weighted by Crippen LogP contribution is -2.27. The molecular formula is C60H56N4O. The quantitative estimate of drug-likeness (QED) is 0.137. The van der Waals surface area contributed by atoms with Gasteiger partial charge in [-0.05, 0) is 93.4 Å². The lowest BCUT2D eigenvalue weighted by Gasteiger charge is -2.29.